The molecule has 3 nitrogen and oxygen atoms in total. The molecular weight excluding hydrogens is 188 g/mol. The van der Waals surface area contributed by atoms with Crippen LogP contribution in [0.2, 0.25) is 0 Å². The Hall–Kier alpha value is -1.09. The van der Waals surface area contributed by atoms with Crippen LogP contribution >= 0.6 is 0 Å². The summed E-state index contributed by atoms with van der Waals surface area (Å²) in [7, 11) is 1.65. The first-order chi connectivity index (χ1) is 7.11. The molecule has 0 aliphatic carbocycles. The summed E-state index contributed by atoms with van der Waals surface area (Å²) < 4.78 is 5.12. The predicted molar refractivity (Wildman–Crippen MR) is 62.1 cm³/mol. The van der Waals surface area contributed by atoms with Crippen LogP contribution in [-0.2, 0) is 6.54 Å². The lowest BCUT2D eigenvalue weighted by Crippen LogP contribution is -2.19. The molecule has 1 N–H and O–H groups in total. The highest BCUT2D eigenvalue weighted by Crippen LogP contribution is 2.11. The molecule has 84 valence electrons. The van der Waals surface area contributed by atoms with Crippen molar-refractivity contribution in [1.82, 2.24) is 10.3 Å². The molecule has 0 aliphatic rings. The van der Waals surface area contributed by atoms with Crippen LogP contribution in [0.1, 0.15) is 25.1 Å². The van der Waals surface area contributed by atoms with Gasteiger partial charge in [-0.15, -0.1) is 0 Å². The maximum Gasteiger partial charge on any atom is 0.213 e. The van der Waals surface area contributed by atoms with Gasteiger partial charge in [-0.1, -0.05) is 13.8 Å². The van der Waals surface area contributed by atoms with Crippen LogP contribution in [-0.4, -0.2) is 18.6 Å². The minimum atomic E-state index is 0.676. The van der Waals surface area contributed by atoms with E-state index in [4.69, 9.17) is 4.74 Å². The van der Waals surface area contributed by atoms with Crippen LogP contribution in [0.5, 0.6) is 5.88 Å². The van der Waals surface area contributed by atoms with Crippen molar-refractivity contribution in [2.24, 2.45) is 5.92 Å². The van der Waals surface area contributed by atoms with Gasteiger partial charge in [0.25, 0.3) is 0 Å². The molecule has 0 spiro atoms. The Balaban J connectivity index is 2.56. The molecule has 0 saturated carbocycles. The van der Waals surface area contributed by atoms with Gasteiger partial charge in [-0.05, 0) is 31.0 Å². The highest BCUT2D eigenvalue weighted by molar-refractivity contribution is 5.24. The Bertz CT molecular complexity index is 310. The Kier molecular flexibility index (Phi) is 4.56. The molecule has 0 bridgehead atoms. The second-order valence-corrected chi connectivity index (χ2v) is 4.18. The van der Waals surface area contributed by atoms with Crippen LogP contribution in [0.4, 0.5) is 0 Å². The van der Waals surface area contributed by atoms with Gasteiger partial charge in [0, 0.05) is 18.3 Å². The third kappa shape index (κ3) is 4.30. The Morgan fingerprint density at radius 2 is 2.13 bits per heavy atom. The zero-order valence-corrected chi connectivity index (χ0v) is 10.0. The second-order valence-electron chi connectivity index (χ2n) is 4.18. The number of nitrogens with zero attached hydrogens (tertiary/aromatic N) is 1. The number of hydrogen-bond donors (Lipinski definition) is 1. The van der Waals surface area contributed by atoms with E-state index in [2.05, 4.69) is 30.2 Å². The molecule has 0 radical (unpaired) electrons. The molecule has 0 fully saturated rings. The number of aryl methyl sites for hydroxylation is 1. The zero-order chi connectivity index (χ0) is 11.3. The Labute approximate surface area is 91.9 Å². The number of hydrogen-bond acceptors (Lipinski definition) is 3. The summed E-state index contributed by atoms with van der Waals surface area (Å²) in [5, 5.41) is 3.40. The summed E-state index contributed by atoms with van der Waals surface area (Å²) in [6.07, 6.45) is 0. The molecule has 1 heterocycles. The average Bonchev–Trinajstić information content (AvgIpc) is 2.16. The number of nitrogens with one attached hydrogen (secondary N) is 1. The SMILES string of the molecule is COc1cc(CNCC(C)C)cc(C)n1. The smallest absolute Gasteiger partial charge is 0.213 e. The van der Waals surface area contributed by atoms with Gasteiger partial charge in [0.2, 0.25) is 5.88 Å². The van der Waals surface area contributed by atoms with E-state index in [0.29, 0.717) is 11.8 Å². The van der Waals surface area contributed by atoms with E-state index in [-0.39, 0.29) is 0 Å². The summed E-state index contributed by atoms with van der Waals surface area (Å²) in [6.45, 7) is 8.28. The molecule has 1 aromatic rings. The topological polar surface area (TPSA) is 34.1 Å². The van der Waals surface area contributed by atoms with Crippen molar-refractivity contribution in [2.45, 2.75) is 27.3 Å². The third-order valence-electron chi connectivity index (χ3n) is 2.08. The number of aromatic nitrogens is 1. The summed E-state index contributed by atoms with van der Waals surface area (Å²) >= 11 is 0. The van der Waals surface area contributed by atoms with Gasteiger partial charge in [0.15, 0.2) is 0 Å². The van der Waals surface area contributed by atoms with Crippen molar-refractivity contribution < 1.29 is 4.74 Å². The van der Waals surface area contributed by atoms with Crippen molar-refractivity contribution >= 4 is 0 Å². The third-order valence-corrected chi connectivity index (χ3v) is 2.08. The first-order valence-electron chi connectivity index (χ1n) is 5.34. The highest BCUT2D eigenvalue weighted by atomic mass is 16.5. The van der Waals surface area contributed by atoms with Crippen molar-refractivity contribution in [2.75, 3.05) is 13.7 Å². The number of ether oxygens (including phenoxy) is 1. The van der Waals surface area contributed by atoms with Crippen LogP contribution in [0.25, 0.3) is 0 Å². The summed E-state index contributed by atoms with van der Waals surface area (Å²) in [5.41, 5.74) is 2.22. The molecule has 0 aromatic carbocycles. The predicted octanol–water partition coefficient (Wildman–Crippen LogP) is 2.14. The Morgan fingerprint density at radius 3 is 2.73 bits per heavy atom. The van der Waals surface area contributed by atoms with Gasteiger partial charge >= 0.3 is 0 Å². The summed E-state index contributed by atoms with van der Waals surface area (Å²) in [6, 6.07) is 4.05. The zero-order valence-electron chi connectivity index (χ0n) is 10.0. The average molecular weight is 208 g/mol. The molecule has 15 heavy (non-hydrogen) atoms. The lowest BCUT2D eigenvalue weighted by Gasteiger charge is -2.09. The lowest BCUT2D eigenvalue weighted by atomic mass is 10.2. The molecule has 3 heteroatoms. The monoisotopic (exact) mass is 208 g/mol. The van der Waals surface area contributed by atoms with Gasteiger partial charge in [-0.25, -0.2) is 4.98 Å². The number of rotatable bonds is 5. The van der Waals surface area contributed by atoms with Crippen LogP contribution in [0, 0.1) is 12.8 Å². The standard InChI is InChI=1S/C12H20N2O/c1-9(2)7-13-8-11-5-10(3)14-12(6-11)15-4/h5-6,9,13H,7-8H2,1-4H3. The van der Waals surface area contributed by atoms with E-state index in [1.54, 1.807) is 7.11 Å². The highest BCUT2D eigenvalue weighted by Gasteiger charge is 2.00. The maximum atomic E-state index is 5.12. The largest absolute Gasteiger partial charge is 0.481 e. The summed E-state index contributed by atoms with van der Waals surface area (Å²) in [5.74, 6) is 1.37. The Morgan fingerprint density at radius 1 is 1.40 bits per heavy atom. The lowest BCUT2D eigenvalue weighted by molar-refractivity contribution is 0.396. The molecule has 0 saturated heterocycles. The van der Waals surface area contributed by atoms with Crippen molar-refractivity contribution in [3.8, 4) is 5.88 Å². The summed E-state index contributed by atoms with van der Waals surface area (Å²) in [4.78, 5) is 4.25. The van der Waals surface area contributed by atoms with E-state index < -0.39 is 0 Å². The van der Waals surface area contributed by atoms with Crippen LogP contribution in [0.15, 0.2) is 12.1 Å². The van der Waals surface area contributed by atoms with E-state index in [1.807, 2.05) is 13.0 Å². The quantitative estimate of drug-likeness (QED) is 0.805. The van der Waals surface area contributed by atoms with E-state index in [9.17, 15) is 0 Å². The molecular formula is C12H20N2O. The van der Waals surface area contributed by atoms with E-state index >= 15 is 0 Å². The fourth-order valence-electron chi connectivity index (χ4n) is 1.42. The first kappa shape index (κ1) is 12.0. The van der Waals surface area contributed by atoms with Crippen molar-refractivity contribution in [1.29, 1.82) is 0 Å². The van der Waals surface area contributed by atoms with E-state index in [0.717, 1.165) is 18.8 Å². The van der Waals surface area contributed by atoms with Crippen LogP contribution in [0.3, 0.4) is 0 Å². The molecule has 0 amide bonds. The van der Waals surface area contributed by atoms with Crippen LogP contribution < -0.4 is 10.1 Å². The minimum absolute atomic E-state index is 0.676. The van der Waals surface area contributed by atoms with E-state index in [1.165, 1.54) is 5.56 Å². The fraction of sp³-hybridized carbons (Fsp3) is 0.583. The number of pyridine rings is 1. The van der Waals surface area contributed by atoms with Gasteiger partial charge < -0.3 is 10.1 Å². The maximum absolute atomic E-state index is 5.12. The molecule has 0 atom stereocenters. The van der Waals surface area contributed by atoms with Gasteiger partial charge in [-0.2, -0.15) is 0 Å². The normalized spacial score (nSPS) is 10.7. The van der Waals surface area contributed by atoms with Gasteiger partial charge in [0.1, 0.15) is 0 Å². The van der Waals surface area contributed by atoms with Crippen molar-refractivity contribution in [3.05, 3.63) is 23.4 Å². The molecule has 1 rings (SSSR count). The van der Waals surface area contributed by atoms with Crippen molar-refractivity contribution in [3.63, 3.8) is 0 Å². The number of methoxy groups -OCH3 is 1. The molecule has 1 aromatic heterocycles. The van der Waals surface area contributed by atoms with Gasteiger partial charge in [0.05, 0.1) is 7.11 Å². The first-order valence-corrected chi connectivity index (χ1v) is 5.34. The molecule has 0 aliphatic heterocycles. The molecule has 0 unspecified atom stereocenters. The van der Waals surface area contributed by atoms with Gasteiger partial charge in [-0.3, -0.25) is 0 Å². The second kappa shape index (κ2) is 5.71. The fourth-order valence-corrected chi connectivity index (χ4v) is 1.42. The minimum Gasteiger partial charge on any atom is -0.481 e.